The van der Waals surface area contributed by atoms with Crippen molar-refractivity contribution in [3.63, 3.8) is 0 Å². The maximum Gasteiger partial charge on any atom is 0.0929 e. The molecular formula is C19H21N3. The Morgan fingerprint density at radius 3 is 2.00 bits per heavy atom. The first-order valence-electron chi connectivity index (χ1n) is 7.94. The monoisotopic (exact) mass is 291 g/mol. The van der Waals surface area contributed by atoms with Crippen LogP contribution in [0, 0.1) is 0 Å². The third-order valence-corrected chi connectivity index (χ3v) is 3.81. The maximum absolute atomic E-state index is 4.87. The summed E-state index contributed by atoms with van der Waals surface area (Å²) in [6.07, 6.45) is 0. The molecule has 1 fully saturated rings. The summed E-state index contributed by atoms with van der Waals surface area (Å²) >= 11 is 0. The summed E-state index contributed by atoms with van der Waals surface area (Å²) in [7, 11) is 0. The van der Waals surface area contributed by atoms with Gasteiger partial charge in [0.25, 0.3) is 0 Å². The van der Waals surface area contributed by atoms with Gasteiger partial charge in [-0.2, -0.15) is 0 Å². The molecule has 1 aromatic heterocycles. The van der Waals surface area contributed by atoms with Crippen molar-refractivity contribution in [2.75, 3.05) is 13.1 Å². The molecule has 0 spiro atoms. The van der Waals surface area contributed by atoms with E-state index in [1.165, 1.54) is 0 Å². The number of para-hydroxylation sites is 2. The van der Waals surface area contributed by atoms with Gasteiger partial charge in [0, 0.05) is 24.6 Å². The Bertz CT molecular complexity index is 749. The van der Waals surface area contributed by atoms with Gasteiger partial charge < -0.3 is 5.32 Å². The Hall–Kier alpha value is -2.26. The summed E-state index contributed by atoms with van der Waals surface area (Å²) in [5.74, 6) is 0.474. The molecule has 0 atom stereocenters. The lowest BCUT2D eigenvalue weighted by Crippen LogP contribution is -2.40. The van der Waals surface area contributed by atoms with E-state index >= 15 is 0 Å². The van der Waals surface area contributed by atoms with Crippen LogP contribution in [0.15, 0.2) is 54.6 Å². The van der Waals surface area contributed by atoms with Gasteiger partial charge in [0.05, 0.1) is 22.4 Å². The van der Waals surface area contributed by atoms with E-state index in [0.29, 0.717) is 5.92 Å². The zero-order chi connectivity index (χ0) is 15.4. The van der Waals surface area contributed by atoms with Crippen LogP contribution in [0.25, 0.3) is 22.3 Å². The number of nitrogens with one attached hydrogen (secondary N) is 1. The van der Waals surface area contributed by atoms with Gasteiger partial charge in [-0.15, -0.1) is 0 Å². The van der Waals surface area contributed by atoms with Crippen molar-refractivity contribution in [3.8, 4) is 11.3 Å². The van der Waals surface area contributed by atoms with Crippen LogP contribution in [-0.2, 0) is 0 Å². The third-order valence-electron chi connectivity index (χ3n) is 3.81. The molecule has 0 radical (unpaired) electrons. The predicted molar refractivity (Wildman–Crippen MR) is 91.9 cm³/mol. The van der Waals surface area contributed by atoms with Gasteiger partial charge in [-0.3, -0.25) is 0 Å². The second kappa shape index (κ2) is 6.67. The lowest BCUT2D eigenvalue weighted by Gasteiger charge is -2.28. The minimum absolute atomic E-state index is 0.474. The number of benzene rings is 2. The molecule has 2 heterocycles. The fourth-order valence-corrected chi connectivity index (χ4v) is 2.59. The van der Waals surface area contributed by atoms with E-state index in [9.17, 15) is 0 Å². The van der Waals surface area contributed by atoms with Gasteiger partial charge in [0.1, 0.15) is 0 Å². The van der Waals surface area contributed by atoms with Crippen LogP contribution >= 0.6 is 0 Å². The first-order chi connectivity index (χ1) is 10.9. The average molecular weight is 291 g/mol. The molecule has 1 N–H and O–H groups in total. The van der Waals surface area contributed by atoms with E-state index < -0.39 is 0 Å². The number of rotatable bonds is 2. The highest BCUT2D eigenvalue weighted by Crippen LogP contribution is 2.30. The molecular weight excluding hydrogens is 270 g/mol. The molecule has 3 aromatic rings. The molecule has 1 aliphatic rings. The quantitative estimate of drug-likeness (QED) is 0.775. The van der Waals surface area contributed by atoms with E-state index in [1.54, 1.807) is 0 Å². The van der Waals surface area contributed by atoms with Crippen LogP contribution in [-0.4, -0.2) is 23.1 Å². The van der Waals surface area contributed by atoms with E-state index in [0.717, 1.165) is 41.1 Å². The maximum atomic E-state index is 4.87. The lowest BCUT2D eigenvalue weighted by molar-refractivity contribution is 0.441. The fraction of sp³-hybridized carbons (Fsp3) is 0.263. The minimum atomic E-state index is 0.474. The standard InChI is InChI=1S/C17H15N3.C2H6/c1-2-6-12(7-3-1)16-17(13-10-18-11-13)20-15-9-5-4-8-14(15)19-16;1-2/h1-9,13,18H,10-11H2;1-2H3. The number of aromatic nitrogens is 2. The smallest absolute Gasteiger partial charge is 0.0929 e. The lowest BCUT2D eigenvalue weighted by atomic mass is 9.94. The first kappa shape index (κ1) is 14.7. The molecule has 3 nitrogen and oxygen atoms in total. The average Bonchev–Trinajstić information content (AvgIpc) is 2.55. The van der Waals surface area contributed by atoms with Gasteiger partial charge in [-0.25, -0.2) is 9.97 Å². The largest absolute Gasteiger partial charge is 0.315 e. The number of nitrogens with zero attached hydrogens (tertiary/aromatic N) is 2. The van der Waals surface area contributed by atoms with Crippen LogP contribution in [0.5, 0.6) is 0 Å². The Morgan fingerprint density at radius 2 is 1.41 bits per heavy atom. The van der Waals surface area contributed by atoms with Gasteiger partial charge in [-0.1, -0.05) is 56.3 Å². The van der Waals surface area contributed by atoms with E-state index in [2.05, 4.69) is 29.6 Å². The van der Waals surface area contributed by atoms with Gasteiger partial charge >= 0.3 is 0 Å². The topological polar surface area (TPSA) is 37.8 Å². The molecule has 22 heavy (non-hydrogen) atoms. The van der Waals surface area contributed by atoms with Gasteiger partial charge in [0.2, 0.25) is 0 Å². The van der Waals surface area contributed by atoms with Crippen molar-refractivity contribution >= 4 is 11.0 Å². The highest BCUT2D eigenvalue weighted by Gasteiger charge is 2.25. The van der Waals surface area contributed by atoms with Crippen molar-refractivity contribution in [2.45, 2.75) is 19.8 Å². The fourth-order valence-electron chi connectivity index (χ4n) is 2.59. The molecule has 1 aliphatic heterocycles. The van der Waals surface area contributed by atoms with Crippen LogP contribution in [0.1, 0.15) is 25.5 Å². The summed E-state index contributed by atoms with van der Waals surface area (Å²) < 4.78 is 0. The molecule has 1 saturated heterocycles. The Balaban J connectivity index is 0.000000693. The van der Waals surface area contributed by atoms with Crippen LogP contribution in [0.3, 0.4) is 0 Å². The molecule has 4 rings (SSSR count). The Morgan fingerprint density at radius 1 is 0.818 bits per heavy atom. The summed E-state index contributed by atoms with van der Waals surface area (Å²) in [6.45, 7) is 5.99. The number of hydrogen-bond acceptors (Lipinski definition) is 3. The number of hydrogen-bond donors (Lipinski definition) is 1. The van der Waals surface area contributed by atoms with Crippen LogP contribution < -0.4 is 5.32 Å². The molecule has 0 amide bonds. The zero-order valence-electron chi connectivity index (χ0n) is 13.1. The molecule has 3 heteroatoms. The van der Waals surface area contributed by atoms with Crippen molar-refractivity contribution in [3.05, 3.63) is 60.3 Å². The third kappa shape index (κ3) is 2.72. The van der Waals surface area contributed by atoms with Crippen molar-refractivity contribution in [1.29, 1.82) is 0 Å². The second-order valence-corrected chi connectivity index (χ2v) is 5.17. The minimum Gasteiger partial charge on any atom is -0.315 e. The summed E-state index contributed by atoms with van der Waals surface area (Å²) in [5, 5.41) is 3.32. The van der Waals surface area contributed by atoms with Crippen LogP contribution in [0.4, 0.5) is 0 Å². The molecule has 2 aromatic carbocycles. The normalized spacial score (nSPS) is 14.1. The second-order valence-electron chi connectivity index (χ2n) is 5.17. The summed E-state index contributed by atoms with van der Waals surface area (Å²) in [4.78, 5) is 9.73. The van der Waals surface area contributed by atoms with Crippen LogP contribution in [0.2, 0.25) is 0 Å². The Kier molecular flexibility index (Phi) is 4.45. The van der Waals surface area contributed by atoms with E-state index in [-0.39, 0.29) is 0 Å². The van der Waals surface area contributed by atoms with Crippen molar-refractivity contribution in [1.82, 2.24) is 15.3 Å². The van der Waals surface area contributed by atoms with Gasteiger partial charge in [0.15, 0.2) is 0 Å². The van der Waals surface area contributed by atoms with E-state index in [4.69, 9.17) is 9.97 Å². The highest BCUT2D eigenvalue weighted by molar-refractivity contribution is 5.78. The predicted octanol–water partition coefficient (Wildman–Crippen LogP) is 4.01. The molecule has 0 unspecified atom stereocenters. The van der Waals surface area contributed by atoms with E-state index in [1.807, 2.05) is 44.2 Å². The molecule has 0 aliphatic carbocycles. The molecule has 112 valence electrons. The first-order valence-corrected chi connectivity index (χ1v) is 7.94. The SMILES string of the molecule is CC.c1ccc(-c2nc3ccccc3nc2C2CNC2)cc1. The summed E-state index contributed by atoms with van der Waals surface area (Å²) in [6, 6.07) is 18.4. The van der Waals surface area contributed by atoms with Gasteiger partial charge in [-0.05, 0) is 12.1 Å². The van der Waals surface area contributed by atoms with Crippen molar-refractivity contribution < 1.29 is 0 Å². The Labute approximate surface area is 131 Å². The highest BCUT2D eigenvalue weighted by atomic mass is 15.0. The molecule has 0 bridgehead atoms. The number of fused-ring (bicyclic) bond motifs is 1. The zero-order valence-corrected chi connectivity index (χ0v) is 13.1. The molecule has 0 saturated carbocycles. The van der Waals surface area contributed by atoms with Crippen molar-refractivity contribution in [2.24, 2.45) is 0 Å². The summed E-state index contributed by atoms with van der Waals surface area (Å²) in [5.41, 5.74) is 5.23.